The van der Waals surface area contributed by atoms with E-state index in [0.29, 0.717) is 12.4 Å². The summed E-state index contributed by atoms with van der Waals surface area (Å²) in [6.07, 6.45) is -0.809. The fourth-order valence-electron chi connectivity index (χ4n) is 3.71. The largest absolute Gasteiger partial charge is 0.420 e. The Morgan fingerprint density at radius 3 is 2.44 bits per heavy atom. The van der Waals surface area contributed by atoms with Crippen LogP contribution in [0.5, 0.6) is 11.8 Å². The number of carbonyl (C=O) groups is 1. The molecule has 7 nitrogen and oxygen atoms in total. The molecule has 2 N–H and O–H groups in total. The molecule has 2 aromatic heterocycles. The fraction of sp³-hybridized carbons (Fsp3) is 0.111. The van der Waals surface area contributed by atoms with Gasteiger partial charge in [-0.3, -0.25) is 9.48 Å². The second-order valence-corrected chi connectivity index (χ2v) is 7.82. The van der Waals surface area contributed by atoms with Crippen LogP contribution in [0.4, 0.5) is 0 Å². The zero-order valence-electron chi connectivity index (χ0n) is 18.3. The summed E-state index contributed by atoms with van der Waals surface area (Å²) in [5.74, 6) is 0.198. The number of rotatable bonds is 8. The van der Waals surface area contributed by atoms with Gasteiger partial charge in [-0.2, -0.15) is 0 Å². The molecule has 0 radical (unpaired) electrons. The molecule has 1 amide bonds. The Bertz CT molecular complexity index is 1390. The summed E-state index contributed by atoms with van der Waals surface area (Å²) in [7, 11) is 0. The van der Waals surface area contributed by atoms with Gasteiger partial charge in [-0.1, -0.05) is 72.8 Å². The molecule has 0 aliphatic carbocycles. The Balaban J connectivity index is 1.29. The average Bonchev–Trinajstić information content (AvgIpc) is 3.49. The molecule has 0 saturated carbocycles. The first-order chi connectivity index (χ1) is 16.7. The van der Waals surface area contributed by atoms with Gasteiger partial charge in [-0.05, 0) is 29.3 Å². The molecule has 1 unspecified atom stereocenters. The number of aliphatic hydroxyl groups is 1. The molecule has 170 valence electrons. The predicted octanol–water partition coefficient (Wildman–Crippen LogP) is 4.93. The van der Waals surface area contributed by atoms with Gasteiger partial charge in [-0.15, -0.1) is 5.10 Å². The van der Waals surface area contributed by atoms with Crippen LogP contribution in [-0.2, 0) is 6.54 Å². The van der Waals surface area contributed by atoms with Crippen molar-refractivity contribution in [3.63, 3.8) is 0 Å². The number of nitrogens with one attached hydrogen (secondary N) is 1. The lowest BCUT2D eigenvalue weighted by molar-refractivity contribution is 0.0884. The molecule has 0 aliphatic heterocycles. The highest BCUT2D eigenvalue weighted by molar-refractivity contribution is 5.91. The molecular weight excluding hydrogens is 430 g/mol. The van der Waals surface area contributed by atoms with Crippen LogP contribution in [0.15, 0.2) is 101 Å². The number of hydrogen-bond acceptors (Lipinski definition) is 5. The van der Waals surface area contributed by atoms with Gasteiger partial charge in [0.05, 0.1) is 23.6 Å². The molecule has 5 aromatic rings. The molecule has 0 spiro atoms. The monoisotopic (exact) mass is 453 g/mol. The molecule has 0 aliphatic rings. The summed E-state index contributed by atoms with van der Waals surface area (Å²) in [4.78, 5) is 12.5. The van der Waals surface area contributed by atoms with E-state index >= 15 is 0 Å². The SMILES string of the molecule is O=C(NCC(O)c1ccccc1)c1ccc(Oc2nn(Cc3ccccc3)c3ccccc23)o1. The number of carbonyl (C=O) groups excluding carboxylic acids is 1. The van der Waals surface area contributed by atoms with Crippen LogP contribution >= 0.6 is 0 Å². The van der Waals surface area contributed by atoms with E-state index in [1.807, 2.05) is 77.5 Å². The molecule has 0 bridgehead atoms. The van der Waals surface area contributed by atoms with E-state index in [1.54, 1.807) is 18.2 Å². The van der Waals surface area contributed by atoms with Gasteiger partial charge in [0.1, 0.15) is 0 Å². The maximum Gasteiger partial charge on any atom is 0.291 e. The van der Waals surface area contributed by atoms with Gasteiger partial charge < -0.3 is 19.6 Å². The van der Waals surface area contributed by atoms with Crippen molar-refractivity contribution < 1.29 is 19.1 Å². The topological polar surface area (TPSA) is 89.5 Å². The molecule has 34 heavy (non-hydrogen) atoms. The van der Waals surface area contributed by atoms with E-state index in [-0.39, 0.29) is 18.3 Å². The summed E-state index contributed by atoms with van der Waals surface area (Å²) in [6, 6.07) is 30.1. The molecule has 1 atom stereocenters. The Morgan fingerprint density at radius 2 is 1.65 bits per heavy atom. The van der Waals surface area contributed by atoms with Crippen LogP contribution in [0.1, 0.15) is 27.8 Å². The number of nitrogens with zero attached hydrogens (tertiary/aromatic N) is 2. The summed E-state index contributed by atoms with van der Waals surface area (Å²) in [6.45, 7) is 0.661. The minimum atomic E-state index is -0.809. The van der Waals surface area contributed by atoms with Crippen molar-refractivity contribution in [2.75, 3.05) is 6.54 Å². The summed E-state index contributed by atoms with van der Waals surface area (Å²) in [5, 5.41) is 18.4. The number of furan rings is 1. The minimum Gasteiger partial charge on any atom is -0.420 e. The van der Waals surface area contributed by atoms with E-state index in [4.69, 9.17) is 9.15 Å². The highest BCUT2D eigenvalue weighted by atomic mass is 16.6. The molecule has 2 heterocycles. The lowest BCUT2D eigenvalue weighted by Crippen LogP contribution is -2.28. The number of amides is 1. The highest BCUT2D eigenvalue weighted by Crippen LogP contribution is 2.30. The average molecular weight is 453 g/mol. The zero-order valence-corrected chi connectivity index (χ0v) is 18.3. The van der Waals surface area contributed by atoms with Crippen LogP contribution in [-0.4, -0.2) is 27.3 Å². The van der Waals surface area contributed by atoms with Crippen molar-refractivity contribution in [1.29, 1.82) is 0 Å². The molecule has 5 rings (SSSR count). The van der Waals surface area contributed by atoms with Crippen molar-refractivity contribution in [3.05, 3.63) is 114 Å². The molecular formula is C27H23N3O4. The van der Waals surface area contributed by atoms with E-state index < -0.39 is 12.0 Å². The van der Waals surface area contributed by atoms with Gasteiger partial charge in [0.15, 0.2) is 5.76 Å². The Morgan fingerprint density at radius 1 is 0.941 bits per heavy atom. The molecule has 3 aromatic carbocycles. The van der Waals surface area contributed by atoms with Crippen molar-refractivity contribution in [2.24, 2.45) is 0 Å². The maximum atomic E-state index is 12.5. The van der Waals surface area contributed by atoms with E-state index in [1.165, 1.54) is 6.07 Å². The van der Waals surface area contributed by atoms with Gasteiger partial charge in [0.25, 0.3) is 11.9 Å². The lowest BCUT2D eigenvalue weighted by Gasteiger charge is -2.11. The van der Waals surface area contributed by atoms with Crippen LogP contribution in [0.3, 0.4) is 0 Å². The number of aliphatic hydroxyl groups excluding tert-OH is 1. The lowest BCUT2D eigenvalue weighted by atomic mass is 10.1. The van der Waals surface area contributed by atoms with Gasteiger partial charge in [0, 0.05) is 12.6 Å². The van der Waals surface area contributed by atoms with Crippen molar-refractivity contribution in [1.82, 2.24) is 15.1 Å². The van der Waals surface area contributed by atoms with Crippen molar-refractivity contribution in [2.45, 2.75) is 12.6 Å². The number of hydrogen-bond donors (Lipinski definition) is 2. The minimum absolute atomic E-state index is 0.0638. The number of benzene rings is 3. The van der Waals surface area contributed by atoms with Crippen LogP contribution in [0.2, 0.25) is 0 Å². The smallest absolute Gasteiger partial charge is 0.291 e. The number of para-hydroxylation sites is 1. The van der Waals surface area contributed by atoms with Gasteiger partial charge >= 0.3 is 0 Å². The van der Waals surface area contributed by atoms with E-state index in [9.17, 15) is 9.90 Å². The van der Waals surface area contributed by atoms with E-state index in [0.717, 1.165) is 22.0 Å². The third-order valence-electron chi connectivity index (χ3n) is 5.44. The third-order valence-corrected chi connectivity index (χ3v) is 5.44. The highest BCUT2D eigenvalue weighted by Gasteiger charge is 2.17. The quantitative estimate of drug-likeness (QED) is 0.348. The number of fused-ring (bicyclic) bond motifs is 1. The van der Waals surface area contributed by atoms with Crippen LogP contribution in [0.25, 0.3) is 10.9 Å². The standard InChI is InChI=1S/C27H23N3O4/c31-23(20-11-5-2-6-12-20)17-28-26(32)24-15-16-25(33-24)34-27-21-13-7-8-14-22(21)30(29-27)18-19-9-3-1-4-10-19/h1-16,23,31H,17-18H2,(H,28,32). The molecule has 0 saturated heterocycles. The normalized spacial score (nSPS) is 11.9. The fourth-order valence-corrected chi connectivity index (χ4v) is 3.71. The first kappa shape index (κ1) is 21.5. The second kappa shape index (κ2) is 9.64. The predicted molar refractivity (Wildman–Crippen MR) is 128 cm³/mol. The third kappa shape index (κ3) is 4.69. The van der Waals surface area contributed by atoms with Crippen LogP contribution in [0, 0.1) is 0 Å². The summed E-state index contributed by atoms with van der Waals surface area (Å²) < 4.78 is 13.4. The summed E-state index contributed by atoms with van der Waals surface area (Å²) in [5.41, 5.74) is 2.78. The first-order valence-electron chi connectivity index (χ1n) is 11.0. The Kier molecular flexibility index (Phi) is 6.09. The van der Waals surface area contributed by atoms with Crippen molar-refractivity contribution >= 4 is 16.8 Å². The summed E-state index contributed by atoms with van der Waals surface area (Å²) >= 11 is 0. The molecule has 7 heteroatoms. The zero-order chi connectivity index (χ0) is 23.3. The Hall–Kier alpha value is -4.36. The van der Waals surface area contributed by atoms with Crippen LogP contribution < -0.4 is 10.1 Å². The Labute approximate surface area is 196 Å². The van der Waals surface area contributed by atoms with Gasteiger partial charge in [-0.25, -0.2) is 0 Å². The van der Waals surface area contributed by atoms with E-state index in [2.05, 4.69) is 10.4 Å². The molecule has 0 fully saturated rings. The number of ether oxygens (including phenoxy) is 1. The first-order valence-corrected chi connectivity index (χ1v) is 11.0. The number of aromatic nitrogens is 2. The van der Waals surface area contributed by atoms with Gasteiger partial charge in [0.2, 0.25) is 5.88 Å². The van der Waals surface area contributed by atoms with Crippen molar-refractivity contribution in [3.8, 4) is 11.8 Å². The maximum absolute atomic E-state index is 12.5. The second-order valence-electron chi connectivity index (χ2n) is 7.82.